The number of ether oxygens (including phenoxy) is 1. The highest BCUT2D eigenvalue weighted by Gasteiger charge is 2.37. The average molecular weight is 436 g/mol. The first-order valence-corrected chi connectivity index (χ1v) is 11.0. The maximum absolute atomic E-state index is 13.1. The minimum absolute atomic E-state index is 0.123. The molecular weight excluding hydrogens is 394 g/mol. The van der Waals surface area contributed by atoms with E-state index in [0.29, 0.717) is 5.56 Å². The van der Waals surface area contributed by atoms with E-state index in [1.54, 1.807) is 12.1 Å². The normalized spacial score (nSPS) is 16.3. The Morgan fingerprint density at radius 1 is 1.26 bits per heavy atom. The SMILES string of the molecule is CC.CC(C)OC(=O)c1cccc(NC(C(=O)N2CCC[C@H]2C)C(C)(C)C)c1.NC=O. The molecule has 1 aliphatic heterocycles. The van der Waals surface area contributed by atoms with Crippen molar-refractivity contribution in [2.45, 2.75) is 86.4 Å². The van der Waals surface area contributed by atoms with Crippen LogP contribution in [0.4, 0.5) is 5.69 Å². The minimum Gasteiger partial charge on any atom is -0.459 e. The first kappa shape index (κ1) is 28.4. The second-order valence-corrected chi connectivity index (χ2v) is 8.64. The van der Waals surface area contributed by atoms with Crippen LogP contribution in [-0.2, 0) is 14.3 Å². The Hall–Kier alpha value is -2.57. The van der Waals surface area contributed by atoms with Crippen LogP contribution >= 0.6 is 0 Å². The molecule has 7 heteroatoms. The number of amides is 2. The molecule has 1 saturated heterocycles. The van der Waals surface area contributed by atoms with Crippen LogP contribution in [0.2, 0.25) is 0 Å². The molecule has 0 aliphatic carbocycles. The molecule has 0 saturated carbocycles. The van der Waals surface area contributed by atoms with Crippen LogP contribution in [-0.4, -0.2) is 47.9 Å². The van der Waals surface area contributed by atoms with Crippen LogP contribution in [0.5, 0.6) is 0 Å². The van der Waals surface area contributed by atoms with E-state index in [9.17, 15) is 9.59 Å². The predicted molar refractivity (Wildman–Crippen MR) is 126 cm³/mol. The fourth-order valence-electron chi connectivity index (χ4n) is 3.26. The summed E-state index contributed by atoms with van der Waals surface area (Å²) in [6, 6.07) is 7.09. The fraction of sp³-hybridized carbons (Fsp3) is 0.625. The lowest BCUT2D eigenvalue weighted by Gasteiger charge is -2.35. The van der Waals surface area contributed by atoms with Crippen molar-refractivity contribution in [3.05, 3.63) is 29.8 Å². The molecule has 1 unspecified atom stereocenters. The second-order valence-electron chi connectivity index (χ2n) is 8.64. The van der Waals surface area contributed by atoms with Crippen LogP contribution in [0.3, 0.4) is 0 Å². The third kappa shape index (κ3) is 9.40. The van der Waals surface area contributed by atoms with Gasteiger partial charge in [-0.25, -0.2) is 4.79 Å². The number of nitrogens with two attached hydrogens (primary N) is 1. The molecule has 31 heavy (non-hydrogen) atoms. The Kier molecular flexibility index (Phi) is 12.5. The molecule has 0 bridgehead atoms. The van der Waals surface area contributed by atoms with Gasteiger partial charge < -0.3 is 20.7 Å². The number of likely N-dealkylation sites (tertiary alicyclic amines) is 1. The van der Waals surface area contributed by atoms with Crippen molar-refractivity contribution in [1.82, 2.24) is 4.90 Å². The highest BCUT2D eigenvalue weighted by atomic mass is 16.5. The molecule has 1 aromatic rings. The number of nitrogens with zero attached hydrogens (tertiary/aromatic N) is 1. The fourth-order valence-corrected chi connectivity index (χ4v) is 3.26. The summed E-state index contributed by atoms with van der Waals surface area (Å²) in [6.45, 7) is 16.7. The molecule has 3 N–H and O–H groups in total. The Morgan fingerprint density at radius 3 is 2.29 bits per heavy atom. The van der Waals surface area contributed by atoms with Crippen LogP contribution < -0.4 is 11.1 Å². The number of carbonyl (C=O) groups excluding carboxylic acids is 3. The van der Waals surface area contributed by atoms with E-state index in [1.807, 2.05) is 44.7 Å². The van der Waals surface area contributed by atoms with Crippen LogP contribution in [0, 0.1) is 5.41 Å². The quantitative estimate of drug-likeness (QED) is 0.533. The monoisotopic (exact) mass is 435 g/mol. The average Bonchev–Trinajstić information content (AvgIpc) is 3.12. The lowest BCUT2D eigenvalue weighted by atomic mass is 9.85. The molecule has 1 aromatic carbocycles. The number of primary amides is 1. The highest BCUT2D eigenvalue weighted by Crippen LogP contribution is 2.28. The molecule has 0 spiro atoms. The Labute approximate surface area is 187 Å². The van der Waals surface area contributed by atoms with Gasteiger partial charge in [0.15, 0.2) is 0 Å². The molecule has 1 aliphatic rings. The van der Waals surface area contributed by atoms with Gasteiger partial charge in [0.25, 0.3) is 0 Å². The van der Waals surface area contributed by atoms with E-state index in [-0.39, 0.29) is 41.9 Å². The van der Waals surface area contributed by atoms with Crippen molar-refractivity contribution < 1.29 is 19.1 Å². The summed E-state index contributed by atoms with van der Waals surface area (Å²) in [6.07, 6.45) is 2.19. The molecule has 0 aromatic heterocycles. The Bertz CT molecular complexity index is 698. The molecule has 2 amide bonds. The summed E-state index contributed by atoms with van der Waals surface area (Å²) in [4.78, 5) is 35.8. The second kappa shape index (κ2) is 13.7. The zero-order valence-electron chi connectivity index (χ0n) is 20.4. The predicted octanol–water partition coefficient (Wildman–Crippen LogP) is 4.22. The van der Waals surface area contributed by atoms with Gasteiger partial charge in [-0.2, -0.15) is 0 Å². The standard InChI is InChI=1S/C21H32N2O3.C2H6.CH3NO/c1-14(2)26-20(25)16-10-7-11-17(13-16)22-18(21(4,5)6)19(24)23-12-8-9-15(23)3;1-2;2-1-3/h7,10-11,13-15,18,22H,8-9,12H2,1-6H3;1-2H3;1H,(H2,2,3)/t15-,18?;;/m1../s1. The van der Waals surface area contributed by atoms with Crippen molar-refractivity contribution in [3.8, 4) is 0 Å². The van der Waals surface area contributed by atoms with Crippen molar-refractivity contribution >= 4 is 24.0 Å². The topological polar surface area (TPSA) is 102 Å². The van der Waals surface area contributed by atoms with Gasteiger partial charge >= 0.3 is 5.97 Å². The molecule has 7 nitrogen and oxygen atoms in total. The van der Waals surface area contributed by atoms with Gasteiger partial charge in [0, 0.05) is 18.3 Å². The number of rotatable bonds is 5. The molecular formula is C24H41N3O4. The van der Waals surface area contributed by atoms with Crippen LogP contribution in [0.15, 0.2) is 24.3 Å². The van der Waals surface area contributed by atoms with Gasteiger partial charge in [0.2, 0.25) is 12.3 Å². The molecule has 1 heterocycles. The number of benzene rings is 1. The van der Waals surface area contributed by atoms with E-state index >= 15 is 0 Å². The van der Waals surface area contributed by atoms with Crippen molar-refractivity contribution in [2.75, 3.05) is 11.9 Å². The molecule has 176 valence electrons. The van der Waals surface area contributed by atoms with Crippen molar-refractivity contribution in [2.24, 2.45) is 11.1 Å². The van der Waals surface area contributed by atoms with Gasteiger partial charge in [-0.05, 0) is 57.2 Å². The smallest absolute Gasteiger partial charge is 0.338 e. The zero-order valence-corrected chi connectivity index (χ0v) is 20.4. The minimum atomic E-state index is -0.362. The van der Waals surface area contributed by atoms with E-state index in [1.165, 1.54) is 0 Å². The Balaban J connectivity index is 0.00000165. The Morgan fingerprint density at radius 2 is 1.84 bits per heavy atom. The number of carbonyl (C=O) groups is 3. The van der Waals surface area contributed by atoms with Crippen LogP contribution in [0.25, 0.3) is 0 Å². The highest BCUT2D eigenvalue weighted by molar-refractivity contribution is 5.91. The summed E-state index contributed by atoms with van der Waals surface area (Å²) >= 11 is 0. The summed E-state index contributed by atoms with van der Waals surface area (Å²) < 4.78 is 5.26. The van der Waals surface area contributed by atoms with Gasteiger partial charge in [-0.1, -0.05) is 40.7 Å². The van der Waals surface area contributed by atoms with E-state index in [4.69, 9.17) is 9.53 Å². The van der Waals surface area contributed by atoms with Gasteiger partial charge in [0.05, 0.1) is 11.7 Å². The van der Waals surface area contributed by atoms with Crippen molar-refractivity contribution in [3.63, 3.8) is 0 Å². The number of esters is 1. The lowest BCUT2D eigenvalue weighted by Crippen LogP contribution is -2.50. The van der Waals surface area contributed by atoms with E-state index in [0.717, 1.165) is 25.1 Å². The largest absolute Gasteiger partial charge is 0.459 e. The summed E-state index contributed by atoms with van der Waals surface area (Å²) in [5.74, 6) is -0.229. The molecule has 2 rings (SSSR count). The molecule has 0 radical (unpaired) electrons. The zero-order chi connectivity index (χ0) is 24.2. The first-order valence-electron chi connectivity index (χ1n) is 11.0. The molecule has 2 atom stereocenters. The van der Waals surface area contributed by atoms with Crippen molar-refractivity contribution in [1.29, 1.82) is 0 Å². The summed E-state index contributed by atoms with van der Waals surface area (Å²) in [7, 11) is 0. The third-order valence-corrected chi connectivity index (χ3v) is 4.70. The lowest BCUT2D eigenvalue weighted by molar-refractivity contribution is -0.134. The number of hydrogen-bond donors (Lipinski definition) is 2. The molecule has 1 fully saturated rings. The van der Waals surface area contributed by atoms with Gasteiger partial charge in [-0.3, -0.25) is 9.59 Å². The number of nitrogens with one attached hydrogen (secondary N) is 1. The summed E-state index contributed by atoms with van der Waals surface area (Å²) in [5, 5.41) is 3.37. The van der Waals surface area contributed by atoms with E-state index in [2.05, 4.69) is 38.7 Å². The number of hydrogen-bond acceptors (Lipinski definition) is 5. The maximum atomic E-state index is 13.1. The third-order valence-electron chi connectivity index (χ3n) is 4.70. The first-order chi connectivity index (χ1) is 14.5. The summed E-state index contributed by atoms with van der Waals surface area (Å²) in [5.41, 5.74) is 5.15. The van der Waals surface area contributed by atoms with Gasteiger partial charge in [-0.15, -0.1) is 0 Å². The maximum Gasteiger partial charge on any atom is 0.338 e. The van der Waals surface area contributed by atoms with Gasteiger partial charge in [0.1, 0.15) is 6.04 Å². The van der Waals surface area contributed by atoms with Crippen LogP contribution in [0.1, 0.15) is 78.6 Å². The van der Waals surface area contributed by atoms with E-state index < -0.39 is 0 Å². The number of anilines is 1.